The number of sulfonamides is 1. The first-order valence-corrected chi connectivity index (χ1v) is 6.26. The van der Waals surface area contributed by atoms with Gasteiger partial charge in [-0.15, -0.1) is 0 Å². The van der Waals surface area contributed by atoms with E-state index in [1.807, 2.05) is 0 Å². The number of hydrogen-bond acceptors (Lipinski definition) is 4. The second kappa shape index (κ2) is 5.24. The van der Waals surface area contributed by atoms with E-state index in [0.717, 1.165) is 12.8 Å². The number of nitrogens with one attached hydrogen (secondary N) is 2. The first kappa shape index (κ1) is 12.2. The zero-order chi connectivity index (χ0) is 11.3. The summed E-state index contributed by atoms with van der Waals surface area (Å²) in [5, 5.41) is 6.26. The Morgan fingerprint density at radius 2 is 2.27 bits per heavy atom. The van der Waals surface area contributed by atoms with Gasteiger partial charge in [0.05, 0.1) is 11.9 Å². The summed E-state index contributed by atoms with van der Waals surface area (Å²) in [6.45, 7) is 2.65. The van der Waals surface area contributed by atoms with Crippen LogP contribution in [0.1, 0.15) is 18.5 Å². The standard InChI is InChI=1S/C8H16N4O2S/c1-7-8(6-10-12-7)15(13,14)11-5-3-2-4-9/h6,11H,2-5,9H2,1H3,(H,10,12). The lowest BCUT2D eigenvalue weighted by molar-refractivity contribution is 0.576. The first-order chi connectivity index (χ1) is 7.08. The summed E-state index contributed by atoms with van der Waals surface area (Å²) in [7, 11) is -3.41. The van der Waals surface area contributed by atoms with Gasteiger partial charge in [0.1, 0.15) is 4.90 Å². The van der Waals surface area contributed by atoms with Crippen LogP contribution in [0.4, 0.5) is 0 Å². The molecule has 1 heterocycles. The molecule has 4 N–H and O–H groups in total. The van der Waals surface area contributed by atoms with Crippen molar-refractivity contribution in [1.29, 1.82) is 0 Å². The Hall–Kier alpha value is -0.920. The molecule has 0 aliphatic heterocycles. The average Bonchev–Trinajstić information content (AvgIpc) is 2.60. The van der Waals surface area contributed by atoms with Crippen molar-refractivity contribution in [2.45, 2.75) is 24.7 Å². The molecule has 1 rings (SSSR count). The molecular weight excluding hydrogens is 216 g/mol. The first-order valence-electron chi connectivity index (χ1n) is 4.77. The Labute approximate surface area is 89.3 Å². The van der Waals surface area contributed by atoms with E-state index in [9.17, 15) is 8.42 Å². The van der Waals surface area contributed by atoms with Crippen molar-refractivity contribution in [2.75, 3.05) is 13.1 Å². The normalized spacial score (nSPS) is 11.9. The van der Waals surface area contributed by atoms with Gasteiger partial charge < -0.3 is 5.73 Å². The van der Waals surface area contributed by atoms with Crippen molar-refractivity contribution in [2.24, 2.45) is 5.73 Å². The van der Waals surface area contributed by atoms with Gasteiger partial charge in [0.2, 0.25) is 10.0 Å². The number of aromatic amines is 1. The number of nitrogens with two attached hydrogens (primary N) is 1. The van der Waals surface area contributed by atoms with Gasteiger partial charge >= 0.3 is 0 Å². The number of nitrogens with zero attached hydrogens (tertiary/aromatic N) is 1. The number of aryl methyl sites for hydroxylation is 1. The average molecular weight is 232 g/mol. The quantitative estimate of drug-likeness (QED) is 0.588. The highest BCUT2D eigenvalue weighted by atomic mass is 32.2. The van der Waals surface area contributed by atoms with Crippen LogP contribution >= 0.6 is 0 Å². The van der Waals surface area contributed by atoms with Gasteiger partial charge in [-0.1, -0.05) is 0 Å². The van der Waals surface area contributed by atoms with Gasteiger partial charge in [-0.05, 0) is 26.3 Å². The SMILES string of the molecule is Cc1[nH]ncc1S(=O)(=O)NCCCCN. The smallest absolute Gasteiger partial charge is 0.243 e. The molecule has 1 aromatic rings. The third kappa shape index (κ3) is 3.29. The Kier molecular flexibility index (Phi) is 4.25. The van der Waals surface area contributed by atoms with Crippen LogP contribution in [0.25, 0.3) is 0 Å². The molecule has 86 valence electrons. The van der Waals surface area contributed by atoms with E-state index in [0.29, 0.717) is 18.8 Å². The molecule has 0 saturated heterocycles. The molecular formula is C8H16N4O2S. The van der Waals surface area contributed by atoms with Gasteiger partial charge in [-0.2, -0.15) is 5.10 Å². The third-order valence-electron chi connectivity index (χ3n) is 2.00. The Morgan fingerprint density at radius 3 is 2.80 bits per heavy atom. The molecule has 0 spiro atoms. The van der Waals surface area contributed by atoms with Crippen molar-refractivity contribution in [3.8, 4) is 0 Å². The van der Waals surface area contributed by atoms with E-state index in [-0.39, 0.29) is 4.90 Å². The van der Waals surface area contributed by atoms with Gasteiger partial charge in [-0.3, -0.25) is 5.10 Å². The second-order valence-corrected chi connectivity index (χ2v) is 4.99. The maximum absolute atomic E-state index is 11.7. The highest BCUT2D eigenvalue weighted by molar-refractivity contribution is 7.89. The number of unbranched alkanes of at least 4 members (excludes halogenated alkanes) is 1. The van der Waals surface area contributed by atoms with Gasteiger partial charge in [-0.25, -0.2) is 13.1 Å². The highest BCUT2D eigenvalue weighted by Gasteiger charge is 2.17. The van der Waals surface area contributed by atoms with Crippen LogP contribution < -0.4 is 10.5 Å². The number of hydrogen-bond donors (Lipinski definition) is 3. The van der Waals surface area contributed by atoms with Crippen LogP contribution in [0.15, 0.2) is 11.1 Å². The van der Waals surface area contributed by atoms with Crippen molar-refractivity contribution < 1.29 is 8.42 Å². The predicted octanol–water partition coefficient (Wildman–Crippen LogP) is -0.265. The molecule has 6 nitrogen and oxygen atoms in total. The summed E-state index contributed by atoms with van der Waals surface area (Å²) in [6, 6.07) is 0. The molecule has 0 atom stereocenters. The zero-order valence-corrected chi connectivity index (χ0v) is 9.47. The number of aromatic nitrogens is 2. The second-order valence-electron chi connectivity index (χ2n) is 3.25. The molecule has 0 aromatic carbocycles. The number of H-pyrrole nitrogens is 1. The molecule has 0 radical (unpaired) electrons. The molecule has 0 unspecified atom stereocenters. The van der Waals surface area contributed by atoms with Crippen LogP contribution in [0, 0.1) is 6.92 Å². The van der Waals surface area contributed by atoms with Crippen LogP contribution in [0.2, 0.25) is 0 Å². The van der Waals surface area contributed by atoms with E-state index in [1.165, 1.54) is 6.20 Å². The summed E-state index contributed by atoms with van der Waals surface area (Å²) >= 11 is 0. The fourth-order valence-electron chi connectivity index (χ4n) is 1.16. The van der Waals surface area contributed by atoms with Crippen LogP contribution in [-0.2, 0) is 10.0 Å². The van der Waals surface area contributed by atoms with Crippen molar-refractivity contribution in [1.82, 2.24) is 14.9 Å². The third-order valence-corrected chi connectivity index (χ3v) is 3.57. The van der Waals surface area contributed by atoms with Crippen LogP contribution in [-0.4, -0.2) is 31.7 Å². The molecule has 7 heteroatoms. The molecule has 0 fully saturated rings. The maximum Gasteiger partial charge on any atom is 0.243 e. The molecule has 0 saturated carbocycles. The Balaban J connectivity index is 2.57. The van der Waals surface area contributed by atoms with Crippen LogP contribution in [0.5, 0.6) is 0 Å². The Morgan fingerprint density at radius 1 is 1.53 bits per heavy atom. The minimum absolute atomic E-state index is 0.204. The van der Waals surface area contributed by atoms with E-state index >= 15 is 0 Å². The number of rotatable bonds is 6. The predicted molar refractivity (Wildman–Crippen MR) is 56.8 cm³/mol. The fraction of sp³-hybridized carbons (Fsp3) is 0.625. The molecule has 0 bridgehead atoms. The van der Waals surface area contributed by atoms with Crippen LogP contribution in [0.3, 0.4) is 0 Å². The molecule has 0 aliphatic carbocycles. The lowest BCUT2D eigenvalue weighted by atomic mass is 10.3. The lowest BCUT2D eigenvalue weighted by Crippen LogP contribution is -2.25. The van der Waals surface area contributed by atoms with E-state index < -0.39 is 10.0 Å². The van der Waals surface area contributed by atoms with Crippen molar-refractivity contribution in [3.63, 3.8) is 0 Å². The maximum atomic E-state index is 11.7. The van der Waals surface area contributed by atoms with E-state index in [4.69, 9.17) is 5.73 Å². The summed E-state index contributed by atoms with van der Waals surface area (Å²) in [5.74, 6) is 0. The lowest BCUT2D eigenvalue weighted by Gasteiger charge is -2.04. The van der Waals surface area contributed by atoms with Gasteiger partial charge in [0, 0.05) is 6.54 Å². The minimum atomic E-state index is -3.41. The largest absolute Gasteiger partial charge is 0.330 e. The van der Waals surface area contributed by atoms with E-state index in [1.54, 1.807) is 6.92 Å². The minimum Gasteiger partial charge on any atom is -0.330 e. The summed E-state index contributed by atoms with van der Waals surface area (Å²) in [6.07, 6.45) is 2.86. The van der Waals surface area contributed by atoms with Gasteiger partial charge in [0.15, 0.2) is 0 Å². The van der Waals surface area contributed by atoms with E-state index in [2.05, 4.69) is 14.9 Å². The van der Waals surface area contributed by atoms with Gasteiger partial charge in [0.25, 0.3) is 0 Å². The summed E-state index contributed by atoms with van der Waals surface area (Å²) < 4.78 is 25.8. The molecule has 15 heavy (non-hydrogen) atoms. The van der Waals surface area contributed by atoms with Crippen molar-refractivity contribution >= 4 is 10.0 Å². The topological polar surface area (TPSA) is 101 Å². The highest BCUT2D eigenvalue weighted by Crippen LogP contribution is 2.10. The fourth-order valence-corrected chi connectivity index (χ4v) is 2.37. The summed E-state index contributed by atoms with van der Waals surface area (Å²) in [4.78, 5) is 0.204. The summed E-state index contributed by atoms with van der Waals surface area (Å²) in [5.41, 5.74) is 5.85. The molecule has 1 aromatic heterocycles. The molecule has 0 amide bonds. The Bertz CT molecular complexity index is 399. The zero-order valence-electron chi connectivity index (χ0n) is 8.66. The molecule has 0 aliphatic rings. The van der Waals surface area contributed by atoms with Crippen molar-refractivity contribution in [3.05, 3.63) is 11.9 Å². The monoisotopic (exact) mass is 232 g/mol.